The molecule has 0 atom stereocenters. The van der Waals surface area contributed by atoms with Gasteiger partial charge in [0.15, 0.2) is 0 Å². The third-order valence-electron chi connectivity index (χ3n) is 4.24. The van der Waals surface area contributed by atoms with E-state index in [2.05, 4.69) is 10.3 Å². The molecule has 1 heterocycles. The first-order chi connectivity index (χ1) is 12.5. The third kappa shape index (κ3) is 3.77. The molecule has 26 heavy (non-hydrogen) atoms. The number of carbonyl (C=O) groups is 1. The van der Waals surface area contributed by atoms with E-state index in [0.29, 0.717) is 46.6 Å². The van der Waals surface area contributed by atoms with Crippen LogP contribution < -0.4 is 5.32 Å². The lowest BCUT2D eigenvalue weighted by Gasteiger charge is -2.16. The van der Waals surface area contributed by atoms with Crippen LogP contribution in [0.3, 0.4) is 0 Å². The van der Waals surface area contributed by atoms with E-state index in [1.54, 1.807) is 12.1 Å². The molecule has 0 aliphatic carbocycles. The first kappa shape index (κ1) is 20.4. The van der Waals surface area contributed by atoms with Gasteiger partial charge in [-0.2, -0.15) is 0 Å². The highest BCUT2D eigenvalue weighted by molar-refractivity contribution is 6.36. The second-order valence-electron chi connectivity index (χ2n) is 5.64. The van der Waals surface area contributed by atoms with Crippen molar-refractivity contribution >= 4 is 17.6 Å². The number of hydrogen-bond donors (Lipinski definition) is 5. The van der Waals surface area contributed by atoms with Gasteiger partial charge in [0, 0.05) is 17.8 Å². The molecule has 0 saturated carbocycles. The summed E-state index contributed by atoms with van der Waals surface area (Å²) >= 11 is 6.46. The van der Waals surface area contributed by atoms with E-state index in [9.17, 15) is 20.1 Å². The molecule has 7 nitrogen and oxygen atoms in total. The third-order valence-corrected chi connectivity index (χ3v) is 4.62. The molecular weight excluding hydrogens is 360 g/mol. The van der Waals surface area contributed by atoms with Crippen LogP contribution in [0.2, 0.25) is 5.02 Å². The van der Waals surface area contributed by atoms with Gasteiger partial charge in [0.05, 0.1) is 32.0 Å². The Morgan fingerprint density at radius 3 is 2.42 bits per heavy atom. The Hall–Kier alpha value is -1.90. The van der Waals surface area contributed by atoms with Crippen LogP contribution in [0.25, 0.3) is 11.1 Å². The molecule has 2 aromatic rings. The normalized spacial score (nSPS) is 11.0. The molecule has 1 aromatic carbocycles. The Morgan fingerprint density at radius 1 is 1.19 bits per heavy atom. The topological polar surface area (TPSA) is 115 Å². The number of hydrogen-bond acceptors (Lipinski definition) is 6. The number of halogens is 1. The fraction of sp³-hybridized carbons (Fsp3) is 0.389. The highest BCUT2D eigenvalue weighted by Crippen LogP contribution is 2.38. The van der Waals surface area contributed by atoms with Crippen LogP contribution in [0.4, 0.5) is 0 Å². The largest absolute Gasteiger partial charge is 0.464 e. The minimum atomic E-state index is -0.598. The molecule has 1 aromatic heterocycles. The van der Waals surface area contributed by atoms with Crippen LogP contribution >= 0.6 is 11.6 Å². The quantitative estimate of drug-likeness (QED) is 0.444. The van der Waals surface area contributed by atoms with Crippen molar-refractivity contribution in [2.24, 2.45) is 0 Å². The van der Waals surface area contributed by atoms with Gasteiger partial charge in [-0.05, 0) is 28.8 Å². The molecule has 0 aliphatic heterocycles. The van der Waals surface area contributed by atoms with Gasteiger partial charge >= 0.3 is 5.97 Å². The van der Waals surface area contributed by atoms with Gasteiger partial charge in [0.1, 0.15) is 5.69 Å². The molecule has 0 radical (unpaired) electrons. The Balaban J connectivity index is 2.74. The second-order valence-corrected chi connectivity index (χ2v) is 6.02. The average molecular weight is 383 g/mol. The van der Waals surface area contributed by atoms with E-state index < -0.39 is 5.97 Å². The van der Waals surface area contributed by atoms with Crippen LogP contribution in [0.5, 0.6) is 0 Å². The second kappa shape index (κ2) is 9.16. The van der Waals surface area contributed by atoms with Crippen molar-refractivity contribution in [2.75, 3.05) is 13.7 Å². The van der Waals surface area contributed by atoms with Crippen molar-refractivity contribution in [1.29, 1.82) is 0 Å². The number of aliphatic hydroxyl groups is 3. The van der Waals surface area contributed by atoms with Crippen molar-refractivity contribution in [3.05, 3.63) is 45.2 Å². The minimum Gasteiger partial charge on any atom is -0.464 e. The molecule has 8 heteroatoms. The van der Waals surface area contributed by atoms with E-state index >= 15 is 0 Å². The summed E-state index contributed by atoms with van der Waals surface area (Å²) in [5, 5.41) is 32.4. The molecule has 0 fully saturated rings. The van der Waals surface area contributed by atoms with Crippen molar-refractivity contribution in [1.82, 2.24) is 10.3 Å². The van der Waals surface area contributed by atoms with Gasteiger partial charge in [0.2, 0.25) is 0 Å². The summed E-state index contributed by atoms with van der Waals surface area (Å²) < 4.78 is 4.77. The lowest BCUT2D eigenvalue weighted by molar-refractivity contribution is 0.0595. The molecule has 0 saturated heterocycles. The minimum absolute atomic E-state index is 0.123. The average Bonchev–Trinajstić information content (AvgIpc) is 3.00. The first-order valence-corrected chi connectivity index (χ1v) is 8.57. The highest BCUT2D eigenvalue weighted by atomic mass is 35.5. The van der Waals surface area contributed by atoms with Gasteiger partial charge in [-0.1, -0.05) is 30.7 Å². The van der Waals surface area contributed by atoms with Crippen molar-refractivity contribution in [2.45, 2.75) is 33.3 Å². The van der Waals surface area contributed by atoms with Crippen molar-refractivity contribution in [3.63, 3.8) is 0 Å². The van der Waals surface area contributed by atoms with Gasteiger partial charge in [-0.3, -0.25) is 0 Å². The van der Waals surface area contributed by atoms with Crippen LogP contribution in [0, 0.1) is 0 Å². The number of ether oxygens (including phenoxy) is 1. The molecule has 0 bridgehead atoms. The van der Waals surface area contributed by atoms with Crippen LogP contribution in [-0.4, -0.2) is 39.9 Å². The maximum atomic E-state index is 12.0. The Labute approximate surface area is 156 Å². The summed E-state index contributed by atoms with van der Waals surface area (Å²) in [7, 11) is 1.27. The van der Waals surface area contributed by atoms with Crippen molar-refractivity contribution < 1.29 is 24.9 Å². The van der Waals surface area contributed by atoms with Crippen LogP contribution in [-0.2, 0) is 31.1 Å². The zero-order chi connectivity index (χ0) is 19.3. The fourth-order valence-electron chi connectivity index (χ4n) is 2.93. The SMILES string of the molecule is CCNCc1[nH]c(C(=O)OC)c(Cl)c1-c1ccc(CO)c(CO)c1CO. The number of benzene rings is 1. The van der Waals surface area contributed by atoms with Crippen LogP contribution in [0.15, 0.2) is 12.1 Å². The monoisotopic (exact) mass is 382 g/mol. The molecule has 2 rings (SSSR count). The number of H-pyrrole nitrogens is 1. The fourth-order valence-corrected chi connectivity index (χ4v) is 3.27. The Morgan fingerprint density at radius 2 is 1.88 bits per heavy atom. The number of carbonyl (C=O) groups excluding carboxylic acids is 1. The zero-order valence-corrected chi connectivity index (χ0v) is 15.5. The molecule has 0 amide bonds. The predicted molar refractivity (Wildman–Crippen MR) is 97.7 cm³/mol. The summed E-state index contributed by atoms with van der Waals surface area (Å²) in [4.78, 5) is 15.0. The van der Waals surface area contributed by atoms with Gasteiger partial charge < -0.3 is 30.4 Å². The number of methoxy groups -OCH3 is 1. The van der Waals surface area contributed by atoms with E-state index in [0.717, 1.165) is 0 Å². The van der Waals surface area contributed by atoms with E-state index in [1.807, 2.05) is 6.92 Å². The van der Waals surface area contributed by atoms with Gasteiger partial charge in [-0.25, -0.2) is 4.79 Å². The van der Waals surface area contributed by atoms with E-state index in [4.69, 9.17) is 16.3 Å². The number of aromatic nitrogens is 1. The molecule has 0 spiro atoms. The summed E-state index contributed by atoms with van der Waals surface area (Å²) in [5.41, 5.74) is 3.33. The Kier molecular flexibility index (Phi) is 7.19. The maximum absolute atomic E-state index is 12.0. The lowest BCUT2D eigenvalue weighted by atomic mass is 9.92. The highest BCUT2D eigenvalue weighted by Gasteiger charge is 2.25. The smallest absolute Gasteiger partial charge is 0.356 e. The first-order valence-electron chi connectivity index (χ1n) is 8.19. The molecule has 142 valence electrons. The summed E-state index contributed by atoms with van der Waals surface area (Å²) in [6.07, 6.45) is 0. The molecular formula is C18H23ClN2O5. The lowest BCUT2D eigenvalue weighted by Crippen LogP contribution is -2.13. The number of nitrogens with one attached hydrogen (secondary N) is 2. The standard InChI is InChI=1S/C18H23ClN2O5/c1-3-20-6-14-15(16(19)17(21-14)18(25)26-2)11-5-4-10(7-22)12(8-23)13(11)9-24/h4-5,20-24H,3,6-9H2,1-2H3. The number of aliphatic hydroxyl groups excluding tert-OH is 3. The Bertz CT molecular complexity index is 788. The van der Waals surface area contributed by atoms with E-state index in [1.165, 1.54) is 7.11 Å². The van der Waals surface area contributed by atoms with Gasteiger partial charge in [0.25, 0.3) is 0 Å². The van der Waals surface area contributed by atoms with Gasteiger partial charge in [-0.15, -0.1) is 0 Å². The summed E-state index contributed by atoms with van der Waals surface area (Å²) in [5.74, 6) is -0.598. The maximum Gasteiger partial charge on any atom is 0.356 e. The molecule has 5 N–H and O–H groups in total. The van der Waals surface area contributed by atoms with Crippen molar-refractivity contribution in [3.8, 4) is 11.1 Å². The number of aromatic amines is 1. The predicted octanol–water partition coefficient (Wildman–Crippen LogP) is 1.71. The summed E-state index contributed by atoms with van der Waals surface area (Å²) in [6.45, 7) is 2.13. The number of rotatable bonds is 8. The molecule has 0 unspecified atom stereocenters. The van der Waals surface area contributed by atoms with Crippen LogP contribution in [0.1, 0.15) is 39.8 Å². The summed E-state index contributed by atoms with van der Waals surface area (Å²) in [6, 6.07) is 3.38. The zero-order valence-electron chi connectivity index (χ0n) is 14.7. The number of esters is 1. The molecule has 0 aliphatic rings. The van der Waals surface area contributed by atoms with E-state index in [-0.39, 0.29) is 30.5 Å².